The summed E-state index contributed by atoms with van der Waals surface area (Å²) in [6.45, 7) is 7.73. The van der Waals surface area contributed by atoms with Gasteiger partial charge in [0.1, 0.15) is 19.7 Å². The first-order valence-electron chi connectivity index (χ1n) is 6.21. The molecular formula is C12H22BF4NO3. The Kier molecular flexibility index (Phi) is 9.75. The second-order valence-electron chi connectivity index (χ2n) is 5.07. The van der Waals surface area contributed by atoms with Crippen LogP contribution in [-0.4, -0.2) is 50.3 Å². The fourth-order valence-corrected chi connectivity index (χ4v) is 0.876. The van der Waals surface area contributed by atoms with Crippen LogP contribution in [0.25, 0.3) is 0 Å². The summed E-state index contributed by atoms with van der Waals surface area (Å²) in [4.78, 5) is 11.7. The Labute approximate surface area is 122 Å². The molecular weight excluding hydrogens is 293 g/mol. The Bertz CT molecular complexity index is 377. The van der Waals surface area contributed by atoms with Crippen molar-refractivity contribution in [3.63, 3.8) is 0 Å². The summed E-state index contributed by atoms with van der Waals surface area (Å²) >= 11 is 0. The smallest absolute Gasteiger partial charge is 0.487 e. The van der Waals surface area contributed by atoms with Crippen LogP contribution >= 0.6 is 0 Å². The number of esters is 1. The Morgan fingerprint density at radius 1 is 1.19 bits per heavy atom. The number of halogens is 4. The van der Waals surface area contributed by atoms with Crippen molar-refractivity contribution in [3.05, 3.63) is 11.8 Å². The summed E-state index contributed by atoms with van der Waals surface area (Å²) in [5.41, 5.74) is -0.509. The van der Waals surface area contributed by atoms with Gasteiger partial charge in [0, 0.05) is 0 Å². The van der Waals surface area contributed by atoms with Gasteiger partial charge in [0.2, 0.25) is 5.76 Å². The average molecular weight is 315 g/mol. The zero-order valence-corrected chi connectivity index (χ0v) is 13.1. The van der Waals surface area contributed by atoms with E-state index in [4.69, 9.17) is 9.47 Å². The van der Waals surface area contributed by atoms with Crippen molar-refractivity contribution in [3.8, 4) is 0 Å². The topological polar surface area (TPSA) is 38.5 Å². The molecule has 4 nitrogen and oxygen atoms in total. The minimum absolute atomic E-state index is 0.228. The van der Waals surface area contributed by atoms with E-state index in [1.165, 1.54) is 0 Å². The number of hydrogen-bond donors (Lipinski definition) is 0. The number of nitrogens with zero attached hydrogens (tertiary/aromatic N) is 1. The van der Waals surface area contributed by atoms with Crippen LogP contribution in [0, 0.1) is 0 Å². The molecule has 0 aliphatic rings. The maximum absolute atomic E-state index is 11.7. The summed E-state index contributed by atoms with van der Waals surface area (Å²) in [6.07, 6.45) is 3.35. The van der Waals surface area contributed by atoms with Gasteiger partial charge in [-0.05, 0) is 27.7 Å². The largest absolute Gasteiger partial charge is 0.673 e. The molecule has 0 N–H and O–H groups in total. The molecule has 9 heteroatoms. The summed E-state index contributed by atoms with van der Waals surface area (Å²) in [7, 11) is -2.26. The second kappa shape index (κ2) is 9.41. The summed E-state index contributed by atoms with van der Waals surface area (Å²) in [6, 6.07) is 0. The van der Waals surface area contributed by atoms with Crippen LogP contribution in [0.2, 0.25) is 0 Å². The number of ether oxygens (including phenoxy) is 2. The highest BCUT2D eigenvalue weighted by Gasteiger charge is 2.21. The molecule has 0 radical (unpaired) electrons. The SMILES string of the molecule is CCOC(=CC=[N+](C)C)C(=O)OC(C)(C)C.F[B-](F)(F)F. The van der Waals surface area contributed by atoms with Crippen molar-refractivity contribution in [2.75, 3.05) is 20.7 Å². The van der Waals surface area contributed by atoms with Gasteiger partial charge in [-0.25, -0.2) is 9.37 Å². The van der Waals surface area contributed by atoms with E-state index < -0.39 is 18.8 Å². The van der Waals surface area contributed by atoms with Gasteiger partial charge in [0.15, 0.2) is 6.21 Å². The lowest BCUT2D eigenvalue weighted by atomic mass is 10.2. The Morgan fingerprint density at radius 3 is 1.90 bits per heavy atom. The van der Waals surface area contributed by atoms with Gasteiger partial charge in [-0.15, -0.1) is 0 Å². The highest BCUT2D eigenvalue weighted by molar-refractivity contribution is 6.50. The van der Waals surface area contributed by atoms with E-state index in [0.29, 0.717) is 6.61 Å². The van der Waals surface area contributed by atoms with Crippen LogP contribution in [-0.2, 0) is 14.3 Å². The monoisotopic (exact) mass is 315 g/mol. The van der Waals surface area contributed by atoms with Crippen LogP contribution in [0.1, 0.15) is 27.7 Å². The van der Waals surface area contributed by atoms with E-state index in [0.717, 1.165) is 0 Å². The molecule has 0 aromatic heterocycles. The number of allylic oxidation sites excluding steroid dienone is 1. The van der Waals surface area contributed by atoms with Crippen LogP contribution in [0.3, 0.4) is 0 Å². The molecule has 0 unspecified atom stereocenters. The van der Waals surface area contributed by atoms with E-state index >= 15 is 0 Å². The maximum atomic E-state index is 11.7. The minimum Gasteiger partial charge on any atom is -0.487 e. The molecule has 0 bridgehead atoms. The van der Waals surface area contributed by atoms with Gasteiger partial charge in [-0.2, -0.15) is 0 Å². The lowest BCUT2D eigenvalue weighted by molar-refractivity contribution is -0.458. The van der Waals surface area contributed by atoms with E-state index in [1.54, 1.807) is 12.3 Å². The molecule has 0 saturated heterocycles. The van der Waals surface area contributed by atoms with Crippen molar-refractivity contribution >= 4 is 19.4 Å². The zero-order chi connectivity index (χ0) is 17.3. The predicted octanol–water partition coefficient (Wildman–Crippen LogP) is 2.89. The lowest BCUT2D eigenvalue weighted by Crippen LogP contribution is -2.25. The van der Waals surface area contributed by atoms with Crippen molar-refractivity contribution in [1.82, 2.24) is 0 Å². The van der Waals surface area contributed by atoms with E-state index in [-0.39, 0.29) is 5.76 Å². The summed E-state index contributed by atoms with van der Waals surface area (Å²) < 4.78 is 51.3. The molecule has 0 heterocycles. The Hall–Kier alpha value is -1.54. The molecule has 0 saturated carbocycles. The Balaban J connectivity index is 0. The van der Waals surface area contributed by atoms with Gasteiger partial charge in [0.05, 0.1) is 12.7 Å². The normalized spacial score (nSPS) is 12.0. The third-order valence-electron chi connectivity index (χ3n) is 1.42. The molecule has 0 fully saturated rings. The molecule has 124 valence electrons. The fraction of sp³-hybridized carbons (Fsp3) is 0.667. The van der Waals surface area contributed by atoms with Crippen LogP contribution < -0.4 is 0 Å². The van der Waals surface area contributed by atoms with Crippen LogP contribution in [0.15, 0.2) is 11.8 Å². The predicted molar refractivity (Wildman–Crippen MR) is 73.9 cm³/mol. The zero-order valence-electron chi connectivity index (χ0n) is 13.1. The first kappa shape index (κ1) is 21.8. The molecule has 0 aromatic rings. The van der Waals surface area contributed by atoms with Gasteiger partial charge in [-0.3, -0.25) is 0 Å². The second-order valence-corrected chi connectivity index (χ2v) is 5.07. The van der Waals surface area contributed by atoms with Crippen molar-refractivity contribution in [1.29, 1.82) is 0 Å². The highest BCUT2D eigenvalue weighted by atomic mass is 19.5. The van der Waals surface area contributed by atoms with Gasteiger partial charge >= 0.3 is 13.2 Å². The molecule has 0 atom stereocenters. The highest BCUT2D eigenvalue weighted by Crippen LogP contribution is 2.11. The summed E-state index contributed by atoms with van der Waals surface area (Å²) in [5.74, 6) is -0.210. The molecule has 21 heavy (non-hydrogen) atoms. The first-order valence-corrected chi connectivity index (χ1v) is 6.21. The molecule has 0 aromatic carbocycles. The lowest BCUT2D eigenvalue weighted by Gasteiger charge is -2.20. The van der Waals surface area contributed by atoms with Gasteiger partial charge in [0.25, 0.3) is 0 Å². The molecule has 0 aliphatic heterocycles. The van der Waals surface area contributed by atoms with Gasteiger partial charge < -0.3 is 26.7 Å². The van der Waals surface area contributed by atoms with Crippen molar-refractivity contribution in [2.24, 2.45) is 0 Å². The first-order chi connectivity index (χ1) is 9.26. The quantitative estimate of drug-likeness (QED) is 0.152. The molecule has 0 amide bonds. The van der Waals surface area contributed by atoms with E-state index in [2.05, 4.69) is 0 Å². The number of carbonyl (C=O) groups is 1. The number of hydrogen-bond acceptors (Lipinski definition) is 3. The van der Waals surface area contributed by atoms with E-state index in [9.17, 15) is 22.1 Å². The van der Waals surface area contributed by atoms with E-state index in [1.807, 2.05) is 46.4 Å². The standard InChI is InChI=1S/C12H22NO3.BF4/c1-7-15-10(8-9-13(5)6)11(14)16-12(2,3)4;2-1(3,4)5/h8-9H,7H2,1-6H3;/q+1;-1. The number of carbonyl (C=O) groups excluding carboxylic acids is 1. The third-order valence-corrected chi connectivity index (χ3v) is 1.42. The Morgan fingerprint density at radius 2 is 1.62 bits per heavy atom. The van der Waals surface area contributed by atoms with Crippen LogP contribution in [0.4, 0.5) is 17.3 Å². The minimum atomic E-state index is -6.00. The van der Waals surface area contributed by atoms with Gasteiger partial charge in [-0.1, -0.05) is 0 Å². The van der Waals surface area contributed by atoms with Crippen LogP contribution in [0.5, 0.6) is 0 Å². The summed E-state index contributed by atoms with van der Waals surface area (Å²) in [5, 5.41) is 0. The molecule has 0 spiro atoms. The molecule has 0 aliphatic carbocycles. The third kappa shape index (κ3) is 20.9. The van der Waals surface area contributed by atoms with Crippen molar-refractivity contribution in [2.45, 2.75) is 33.3 Å². The molecule has 0 rings (SSSR count). The van der Waals surface area contributed by atoms with Crippen molar-refractivity contribution < 1.29 is 36.1 Å². The maximum Gasteiger partial charge on any atom is 0.673 e. The number of rotatable bonds is 4. The average Bonchev–Trinajstić information content (AvgIpc) is 2.18. The fourth-order valence-electron chi connectivity index (χ4n) is 0.876.